The van der Waals surface area contributed by atoms with Gasteiger partial charge in [0, 0.05) is 23.5 Å². The Balaban J connectivity index is 2.03. The molecule has 0 aliphatic heterocycles. The molecular formula is C14H16F2N2OS. The SMILES string of the molecule is Cc1nc(CNC(C)c2ccccc2OC(F)F)cs1. The van der Waals surface area contributed by atoms with Gasteiger partial charge in [0.15, 0.2) is 0 Å². The van der Waals surface area contributed by atoms with Crippen molar-refractivity contribution in [3.05, 3.63) is 45.9 Å². The van der Waals surface area contributed by atoms with Gasteiger partial charge in [-0.25, -0.2) is 4.98 Å². The number of aromatic nitrogens is 1. The minimum atomic E-state index is -2.82. The lowest BCUT2D eigenvalue weighted by atomic mass is 10.1. The molecule has 1 unspecified atom stereocenters. The lowest BCUT2D eigenvalue weighted by Crippen LogP contribution is -2.19. The number of halogens is 2. The van der Waals surface area contributed by atoms with Gasteiger partial charge in [0.1, 0.15) is 5.75 Å². The molecule has 2 aromatic rings. The summed E-state index contributed by atoms with van der Waals surface area (Å²) in [6, 6.07) is 6.71. The number of alkyl halides is 2. The van der Waals surface area contributed by atoms with Crippen LogP contribution < -0.4 is 10.1 Å². The number of ether oxygens (including phenoxy) is 1. The second-order valence-corrected chi connectivity index (χ2v) is 5.44. The molecule has 1 aromatic heterocycles. The number of benzene rings is 1. The molecule has 1 N–H and O–H groups in total. The Morgan fingerprint density at radius 1 is 1.35 bits per heavy atom. The Morgan fingerprint density at radius 2 is 2.10 bits per heavy atom. The van der Waals surface area contributed by atoms with Gasteiger partial charge in [0.25, 0.3) is 0 Å². The molecule has 6 heteroatoms. The van der Waals surface area contributed by atoms with Crippen molar-refractivity contribution < 1.29 is 13.5 Å². The summed E-state index contributed by atoms with van der Waals surface area (Å²) in [5.41, 5.74) is 1.66. The van der Waals surface area contributed by atoms with Gasteiger partial charge in [-0.15, -0.1) is 11.3 Å². The summed E-state index contributed by atoms with van der Waals surface area (Å²) < 4.78 is 29.3. The molecule has 0 radical (unpaired) electrons. The van der Waals surface area contributed by atoms with Gasteiger partial charge in [0.2, 0.25) is 0 Å². The van der Waals surface area contributed by atoms with Gasteiger partial charge < -0.3 is 10.1 Å². The predicted octanol–water partition coefficient (Wildman–Crippen LogP) is 3.90. The number of nitrogens with one attached hydrogen (secondary N) is 1. The number of para-hydroxylation sites is 1. The molecule has 0 spiro atoms. The van der Waals surface area contributed by atoms with Crippen LogP contribution in [0.15, 0.2) is 29.6 Å². The first kappa shape index (κ1) is 14.9. The summed E-state index contributed by atoms with van der Waals surface area (Å²) in [4.78, 5) is 4.35. The molecule has 0 fully saturated rings. The first-order chi connectivity index (χ1) is 9.56. The zero-order valence-electron chi connectivity index (χ0n) is 11.3. The van der Waals surface area contributed by atoms with Crippen LogP contribution in [0, 0.1) is 6.92 Å². The fraction of sp³-hybridized carbons (Fsp3) is 0.357. The minimum Gasteiger partial charge on any atom is -0.434 e. The zero-order chi connectivity index (χ0) is 14.5. The second-order valence-electron chi connectivity index (χ2n) is 4.38. The molecule has 0 saturated carbocycles. The molecule has 0 saturated heterocycles. The van der Waals surface area contributed by atoms with E-state index in [1.807, 2.05) is 19.2 Å². The van der Waals surface area contributed by atoms with Crippen molar-refractivity contribution in [3.63, 3.8) is 0 Å². The van der Waals surface area contributed by atoms with E-state index in [4.69, 9.17) is 0 Å². The maximum atomic E-state index is 12.4. The third kappa shape index (κ3) is 3.98. The van der Waals surface area contributed by atoms with Gasteiger partial charge in [-0.2, -0.15) is 8.78 Å². The van der Waals surface area contributed by atoms with Crippen molar-refractivity contribution in [2.45, 2.75) is 33.0 Å². The number of aryl methyl sites for hydroxylation is 1. The number of hydrogen-bond donors (Lipinski definition) is 1. The van der Waals surface area contributed by atoms with E-state index in [2.05, 4.69) is 15.0 Å². The van der Waals surface area contributed by atoms with Crippen LogP contribution in [0.5, 0.6) is 5.75 Å². The summed E-state index contributed by atoms with van der Waals surface area (Å²) in [6.45, 7) is 1.63. The molecule has 0 bridgehead atoms. The van der Waals surface area contributed by atoms with Crippen molar-refractivity contribution in [3.8, 4) is 5.75 Å². The van der Waals surface area contributed by atoms with Crippen molar-refractivity contribution in [2.75, 3.05) is 0 Å². The highest BCUT2D eigenvalue weighted by atomic mass is 32.1. The average Bonchev–Trinajstić information content (AvgIpc) is 2.82. The molecule has 3 nitrogen and oxygen atoms in total. The van der Waals surface area contributed by atoms with Crippen LogP contribution in [0.25, 0.3) is 0 Å². The first-order valence-electron chi connectivity index (χ1n) is 6.24. The first-order valence-corrected chi connectivity index (χ1v) is 7.12. The lowest BCUT2D eigenvalue weighted by molar-refractivity contribution is -0.0506. The summed E-state index contributed by atoms with van der Waals surface area (Å²) in [7, 11) is 0. The van der Waals surface area contributed by atoms with Crippen molar-refractivity contribution in [1.82, 2.24) is 10.3 Å². The van der Waals surface area contributed by atoms with Crippen LogP contribution >= 0.6 is 11.3 Å². The van der Waals surface area contributed by atoms with E-state index < -0.39 is 6.61 Å². The van der Waals surface area contributed by atoms with Gasteiger partial charge in [0.05, 0.1) is 10.7 Å². The van der Waals surface area contributed by atoms with Crippen LogP contribution in [0.2, 0.25) is 0 Å². The number of rotatable bonds is 6. The van der Waals surface area contributed by atoms with E-state index in [1.165, 1.54) is 0 Å². The molecule has 108 valence electrons. The van der Waals surface area contributed by atoms with Crippen molar-refractivity contribution in [1.29, 1.82) is 0 Å². The molecule has 1 atom stereocenters. The van der Waals surface area contributed by atoms with Crippen LogP contribution in [0.4, 0.5) is 8.78 Å². The Labute approximate surface area is 120 Å². The number of nitrogens with zero attached hydrogens (tertiary/aromatic N) is 1. The van der Waals surface area contributed by atoms with E-state index in [9.17, 15) is 8.78 Å². The normalized spacial score (nSPS) is 12.7. The Kier molecular flexibility index (Phi) is 5.03. The quantitative estimate of drug-likeness (QED) is 0.878. The third-order valence-corrected chi connectivity index (χ3v) is 3.68. The van der Waals surface area contributed by atoms with Crippen LogP contribution in [-0.4, -0.2) is 11.6 Å². The maximum Gasteiger partial charge on any atom is 0.387 e. The van der Waals surface area contributed by atoms with Crippen molar-refractivity contribution >= 4 is 11.3 Å². The minimum absolute atomic E-state index is 0.105. The fourth-order valence-electron chi connectivity index (χ4n) is 1.90. The Hall–Kier alpha value is -1.53. The standard InChI is InChI=1S/C14H16F2N2OS/c1-9(17-7-11-8-20-10(2)18-11)12-5-3-4-6-13(12)19-14(15)16/h3-6,8-9,14,17H,7H2,1-2H3. The number of thiazole rings is 1. The smallest absolute Gasteiger partial charge is 0.387 e. The number of hydrogen-bond acceptors (Lipinski definition) is 4. The molecule has 2 rings (SSSR count). The van der Waals surface area contributed by atoms with E-state index >= 15 is 0 Å². The average molecular weight is 298 g/mol. The lowest BCUT2D eigenvalue weighted by Gasteiger charge is -2.17. The van der Waals surface area contributed by atoms with Gasteiger partial charge in [-0.3, -0.25) is 0 Å². The van der Waals surface area contributed by atoms with Gasteiger partial charge in [-0.05, 0) is 19.9 Å². The second kappa shape index (κ2) is 6.76. The summed E-state index contributed by atoms with van der Waals surface area (Å²) in [5.74, 6) is 0.206. The molecule has 0 aliphatic rings. The molecule has 0 aliphatic carbocycles. The highest BCUT2D eigenvalue weighted by Crippen LogP contribution is 2.26. The zero-order valence-corrected chi connectivity index (χ0v) is 12.1. The fourth-order valence-corrected chi connectivity index (χ4v) is 2.51. The molecular weight excluding hydrogens is 282 g/mol. The van der Waals surface area contributed by atoms with E-state index in [1.54, 1.807) is 35.6 Å². The summed E-state index contributed by atoms with van der Waals surface area (Å²) in [5, 5.41) is 6.25. The summed E-state index contributed by atoms with van der Waals surface area (Å²) in [6.07, 6.45) is 0. The Morgan fingerprint density at radius 3 is 2.75 bits per heavy atom. The van der Waals surface area contributed by atoms with Crippen LogP contribution in [0.1, 0.15) is 29.2 Å². The third-order valence-electron chi connectivity index (χ3n) is 2.86. The molecule has 20 heavy (non-hydrogen) atoms. The van der Waals surface area contributed by atoms with Crippen LogP contribution in [-0.2, 0) is 6.54 Å². The van der Waals surface area contributed by atoms with E-state index in [-0.39, 0.29) is 11.8 Å². The molecule has 0 amide bonds. The van der Waals surface area contributed by atoms with Gasteiger partial charge in [-0.1, -0.05) is 18.2 Å². The highest BCUT2D eigenvalue weighted by Gasteiger charge is 2.14. The largest absolute Gasteiger partial charge is 0.434 e. The topological polar surface area (TPSA) is 34.2 Å². The maximum absolute atomic E-state index is 12.4. The van der Waals surface area contributed by atoms with Crippen molar-refractivity contribution in [2.24, 2.45) is 0 Å². The molecule has 1 aromatic carbocycles. The highest BCUT2D eigenvalue weighted by molar-refractivity contribution is 7.09. The Bertz CT molecular complexity index is 560. The van der Waals surface area contributed by atoms with Crippen LogP contribution in [0.3, 0.4) is 0 Å². The van der Waals surface area contributed by atoms with Gasteiger partial charge >= 0.3 is 6.61 Å². The van der Waals surface area contributed by atoms with E-state index in [0.29, 0.717) is 12.1 Å². The monoisotopic (exact) mass is 298 g/mol. The predicted molar refractivity (Wildman–Crippen MR) is 75.2 cm³/mol. The van der Waals surface area contributed by atoms with E-state index in [0.717, 1.165) is 10.7 Å². The molecule has 1 heterocycles. The summed E-state index contributed by atoms with van der Waals surface area (Å²) >= 11 is 1.59.